The Balaban J connectivity index is 3.39. The van der Waals surface area contributed by atoms with E-state index in [9.17, 15) is 13.8 Å². The highest BCUT2D eigenvalue weighted by Gasteiger charge is 2.03. The van der Waals surface area contributed by atoms with Crippen LogP contribution in [0.3, 0.4) is 0 Å². The van der Waals surface area contributed by atoms with Crippen molar-refractivity contribution in [2.24, 2.45) is 9.98 Å². The van der Waals surface area contributed by atoms with Crippen LogP contribution in [0.25, 0.3) is 0 Å². The fraction of sp³-hybridized carbons (Fsp3) is 0.818. The molecule has 1 atom stereocenters. The van der Waals surface area contributed by atoms with Gasteiger partial charge in [-0.1, -0.05) is 11.8 Å². The van der Waals surface area contributed by atoms with Crippen LogP contribution < -0.4 is 10.6 Å². The first-order chi connectivity index (χ1) is 22.1. The van der Waals surface area contributed by atoms with E-state index in [2.05, 4.69) is 20.6 Å². The second-order valence-corrected chi connectivity index (χ2v) is 20.8. The molecule has 0 saturated heterocycles. The monoisotopic (exact) mass is 842 g/mol. The zero-order valence-electron chi connectivity index (χ0n) is 24.6. The minimum absolute atomic E-state index is 0.0377. The SMILES string of the molecule is O=C(NCSCSC/N=C\S(=O)CSCSCSCSC(=O)NCSCSC/N=C\OOCCSCCO)OCCSCCO. The second kappa shape index (κ2) is 39.8. The third-order valence-electron chi connectivity index (χ3n) is 3.73. The number of rotatable bonds is 33. The Hall–Kier alpha value is 1.41. The highest BCUT2D eigenvalue weighted by atomic mass is 32.3. The van der Waals surface area contributed by atoms with Gasteiger partial charge in [0.15, 0.2) is 0 Å². The van der Waals surface area contributed by atoms with Crippen molar-refractivity contribution in [3.63, 3.8) is 0 Å². The number of ether oxygens (including phenoxy) is 1. The minimum atomic E-state index is -1.11. The lowest BCUT2D eigenvalue weighted by Gasteiger charge is -2.06. The maximum absolute atomic E-state index is 12.0. The molecule has 0 bridgehead atoms. The summed E-state index contributed by atoms with van der Waals surface area (Å²) in [7, 11) is -1.11. The Morgan fingerprint density at radius 3 is 2.07 bits per heavy atom. The lowest BCUT2D eigenvalue weighted by Crippen LogP contribution is -2.24. The standard InChI is InChI=1S/C22H42N4O8S11/c27-1-5-35-7-3-32-21(29)25-12-39-16-38-11-24-14-45(31)20-43-18-41-17-42-19-44-22(30)26-13-40-15-37-10-23-9-34-33-4-8-36-6-2-28/h9,14,27-28H,1-8,10-13,15-20H2,(H,25,29)(H,26,30)/b23-9-,24-14-. The molecule has 0 spiro atoms. The third-order valence-corrected chi connectivity index (χ3v) is 15.8. The maximum Gasteiger partial charge on any atom is 0.407 e. The molecule has 23 heteroatoms. The lowest BCUT2D eigenvalue weighted by atomic mass is 10.8. The Labute approximate surface area is 311 Å². The zero-order valence-corrected chi connectivity index (χ0v) is 33.6. The Morgan fingerprint density at radius 2 is 1.33 bits per heavy atom. The largest absolute Gasteiger partial charge is 0.449 e. The van der Waals surface area contributed by atoms with Gasteiger partial charge in [-0.3, -0.25) is 14.0 Å². The van der Waals surface area contributed by atoms with Crippen molar-refractivity contribution < 1.29 is 38.5 Å². The van der Waals surface area contributed by atoms with Gasteiger partial charge in [0.25, 0.3) is 5.24 Å². The number of carbonyl (C=O) groups is 2. The number of aliphatic imine (C=N–C) groups is 2. The van der Waals surface area contributed by atoms with E-state index < -0.39 is 16.9 Å². The molecular formula is C22H42N4O8S11. The van der Waals surface area contributed by atoms with Gasteiger partial charge in [0.2, 0.25) is 6.40 Å². The molecule has 0 aliphatic carbocycles. The number of aliphatic hydroxyl groups is 2. The van der Waals surface area contributed by atoms with E-state index in [1.807, 2.05) is 0 Å². The molecule has 0 aliphatic rings. The average Bonchev–Trinajstić information content (AvgIpc) is 3.03. The molecule has 264 valence electrons. The van der Waals surface area contributed by atoms with E-state index in [0.29, 0.717) is 64.1 Å². The number of nitrogens with zero attached hydrogens (tertiary/aromatic N) is 2. The molecule has 0 saturated carbocycles. The van der Waals surface area contributed by atoms with Crippen LogP contribution in [0.1, 0.15) is 0 Å². The normalized spacial score (nSPS) is 12.1. The summed E-state index contributed by atoms with van der Waals surface area (Å²) in [5.74, 6) is 4.79. The topological polar surface area (TPSA) is 168 Å². The van der Waals surface area contributed by atoms with Crippen molar-refractivity contribution in [3.8, 4) is 0 Å². The smallest absolute Gasteiger partial charge is 0.407 e. The van der Waals surface area contributed by atoms with Gasteiger partial charge in [0.1, 0.15) is 13.2 Å². The van der Waals surface area contributed by atoms with Crippen molar-refractivity contribution in [2.75, 3.05) is 103 Å². The quantitative estimate of drug-likeness (QED) is 0.0173. The predicted octanol–water partition coefficient (Wildman–Crippen LogP) is 5.07. The number of thioether (sulfide) groups is 10. The van der Waals surface area contributed by atoms with Crippen LogP contribution in [0, 0.1) is 0 Å². The molecule has 0 aromatic carbocycles. The Kier molecular flexibility index (Phi) is 41.1. The summed E-state index contributed by atoms with van der Waals surface area (Å²) in [4.78, 5) is 41.4. The molecule has 1 unspecified atom stereocenters. The lowest BCUT2D eigenvalue weighted by molar-refractivity contribution is -0.210. The van der Waals surface area contributed by atoms with Crippen LogP contribution in [-0.2, 0) is 25.3 Å². The van der Waals surface area contributed by atoms with Crippen LogP contribution in [-0.4, -0.2) is 141 Å². The Morgan fingerprint density at radius 1 is 0.711 bits per heavy atom. The summed E-state index contributed by atoms with van der Waals surface area (Å²) >= 11 is 15.7. The summed E-state index contributed by atoms with van der Waals surface area (Å²) < 4.78 is 17.0. The number of amides is 2. The van der Waals surface area contributed by atoms with Gasteiger partial charge in [0.05, 0.1) is 58.2 Å². The van der Waals surface area contributed by atoms with Crippen LogP contribution in [0.15, 0.2) is 9.98 Å². The molecule has 0 heterocycles. The summed E-state index contributed by atoms with van der Waals surface area (Å²) in [5.41, 5.74) is 1.49. The van der Waals surface area contributed by atoms with Crippen LogP contribution in [0.2, 0.25) is 0 Å². The van der Waals surface area contributed by atoms with Crippen molar-refractivity contribution >= 4 is 152 Å². The number of nitrogens with one attached hydrogen (secondary N) is 2. The van der Waals surface area contributed by atoms with Gasteiger partial charge in [-0.05, 0) is 0 Å². The van der Waals surface area contributed by atoms with Crippen LogP contribution >= 0.6 is 118 Å². The number of carbonyl (C=O) groups excluding carboxylic acids is 2. The van der Waals surface area contributed by atoms with Gasteiger partial charge in [0, 0.05) is 48.4 Å². The molecule has 0 aromatic heterocycles. The molecule has 12 nitrogen and oxygen atoms in total. The molecule has 2 amide bonds. The predicted molar refractivity (Wildman–Crippen MR) is 213 cm³/mol. The zero-order chi connectivity index (χ0) is 32.9. The maximum atomic E-state index is 12.0. The number of aliphatic hydroxyl groups excluding tert-OH is 2. The molecule has 0 aliphatic heterocycles. The number of hydrogen-bond acceptors (Lipinski definition) is 20. The minimum Gasteiger partial charge on any atom is -0.449 e. The van der Waals surface area contributed by atoms with E-state index in [-0.39, 0.29) is 18.5 Å². The highest BCUT2D eigenvalue weighted by molar-refractivity contribution is 8.29. The number of alkyl carbamates (subject to hydrolysis) is 1. The van der Waals surface area contributed by atoms with Crippen LogP contribution in [0.5, 0.6) is 0 Å². The Bertz CT molecular complexity index is 783. The second-order valence-electron chi connectivity index (χ2n) is 7.15. The van der Waals surface area contributed by atoms with Crippen LogP contribution in [0.4, 0.5) is 9.59 Å². The van der Waals surface area contributed by atoms with E-state index in [0.717, 1.165) is 26.1 Å². The van der Waals surface area contributed by atoms with Crippen molar-refractivity contribution in [3.05, 3.63) is 0 Å². The first kappa shape index (κ1) is 46.4. The highest BCUT2D eigenvalue weighted by Crippen LogP contribution is 2.22. The molecule has 0 aromatic rings. The summed E-state index contributed by atoms with van der Waals surface area (Å²) in [6.07, 6.45) is 0.829. The van der Waals surface area contributed by atoms with Crippen molar-refractivity contribution in [1.82, 2.24) is 10.6 Å². The first-order valence-electron chi connectivity index (χ1n) is 13.0. The van der Waals surface area contributed by atoms with E-state index >= 15 is 0 Å². The number of hydrogen-bond donors (Lipinski definition) is 4. The van der Waals surface area contributed by atoms with Crippen molar-refractivity contribution in [2.45, 2.75) is 0 Å². The van der Waals surface area contributed by atoms with Gasteiger partial charge in [-0.25, -0.2) is 9.79 Å². The average molecular weight is 843 g/mol. The fourth-order valence-electron chi connectivity index (χ4n) is 2.00. The van der Waals surface area contributed by atoms with Gasteiger partial charge in [-0.2, -0.15) is 28.4 Å². The van der Waals surface area contributed by atoms with E-state index in [1.54, 1.807) is 82.3 Å². The fourth-order valence-corrected chi connectivity index (χ4v) is 11.9. The molecule has 0 rings (SSSR count). The molecule has 0 fully saturated rings. The van der Waals surface area contributed by atoms with Gasteiger partial charge >= 0.3 is 6.09 Å². The van der Waals surface area contributed by atoms with Crippen molar-refractivity contribution in [1.29, 1.82) is 0 Å². The van der Waals surface area contributed by atoms with E-state index in [4.69, 9.17) is 24.7 Å². The molecule has 4 N–H and O–H groups in total. The van der Waals surface area contributed by atoms with Gasteiger partial charge < -0.3 is 30.5 Å². The summed E-state index contributed by atoms with van der Waals surface area (Å²) in [6, 6.07) is 0. The molecule has 0 radical (unpaired) electrons. The molecular weight excluding hydrogens is 801 g/mol. The van der Waals surface area contributed by atoms with Gasteiger partial charge in [-0.15, -0.1) is 82.3 Å². The van der Waals surface area contributed by atoms with E-state index in [1.165, 1.54) is 47.2 Å². The molecule has 45 heavy (non-hydrogen) atoms. The third kappa shape index (κ3) is 39.7. The summed E-state index contributed by atoms with van der Waals surface area (Å²) in [6.45, 7) is 1.04. The first-order valence-corrected chi connectivity index (χ1v) is 25.7. The summed E-state index contributed by atoms with van der Waals surface area (Å²) in [5, 5.41) is 27.2.